The van der Waals surface area contributed by atoms with Crippen molar-refractivity contribution in [1.29, 1.82) is 0 Å². The first kappa shape index (κ1) is 19.4. The molecule has 3 rings (SSSR count). The van der Waals surface area contributed by atoms with Gasteiger partial charge < -0.3 is 14.8 Å². The third kappa shape index (κ3) is 4.86. The standard InChI is InChI=1S/C18H16N4O5S/c1-10(13-3-2-8-27-13)16-20-18(26)28-15(21-22-16)9-14(23)19-12-6-4-11(5-7-12)17(24)25/h2-8,15H,9H2,1H3,(H,19,23)(H,20,26)(H,24,25)/b16-10-. The van der Waals surface area contributed by atoms with Crippen LogP contribution in [-0.2, 0) is 4.79 Å². The van der Waals surface area contributed by atoms with Crippen molar-refractivity contribution in [2.24, 2.45) is 10.2 Å². The summed E-state index contributed by atoms with van der Waals surface area (Å²) < 4.78 is 5.29. The monoisotopic (exact) mass is 400 g/mol. The molecule has 1 aliphatic heterocycles. The Morgan fingerprint density at radius 1 is 1.29 bits per heavy atom. The molecule has 0 saturated heterocycles. The number of aromatic carboxylic acids is 1. The van der Waals surface area contributed by atoms with E-state index < -0.39 is 11.3 Å². The summed E-state index contributed by atoms with van der Waals surface area (Å²) in [6.07, 6.45) is 1.44. The third-order valence-electron chi connectivity index (χ3n) is 3.77. The number of anilines is 1. The van der Waals surface area contributed by atoms with Gasteiger partial charge >= 0.3 is 5.97 Å². The van der Waals surface area contributed by atoms with Crippen molar-refractivity contribution >= 4 is 40.1 Å². The van der Waals surface area contributed by atoms with Crippen LogP contribution < -0.4 is 10.6 Å². The molecule has 1 aromatic carbocycles. The molecule has 0 bridgehead atoms. The second-order valence-corrected chi connectivity index (χ2v) is 6.94. The number of carboxylic acid groups (broad SMARTS) is 1. The van der Waals surface area contributed by atoms with E-state index in [9.17, 15) is 14.4 Å². The minimum absolute atomic E-state index is 0.0741. The summed E-state index contributed by atoms with van der Waals surface area (Å²) in [5.41, 5.74) is 1.18. The lowest BCUT2D eigenvalue weighted by Gasteiger charge is -2.08. The highest BCUT2D eigenvalue weighted by Crippen LogP contribution is 2.26. The quantitative estimate of drug-likeness (QED) is 0.696. The Hall–Kier alpha value is -3.40. The van der Waals surface area contributed by atoms with Crippen LogP contribution >= 0.6 is 11.8 Å². The summed E-state index contributed by atoms with van der Waals surface area (Å²) in [4.78, 5) is 35.2. The summed E-state index contributed by atoms with van der Waals surface area (Å²) in [6.45, 7) is 1.74. The number of hydrogen-bond donors (Lipinski definition) is 3. The number of carbonyl (C=O) groups is 3. The second-order valence-electron chi connectivity index (χ2n) is 5.79. The van der Waals surface area contributed by atoms with Crippen molar-refractivity contribution in [2.75, 3.05) is 5.32 Å². The van der Waals surface area contributed by atoms with Crippen molar-refractivity contribution in [2.45, 2.75) is 18.7 Å². The van der Waals surface area contributed by atoms with Gasteiger partial charge in [-0.1, -0.05) is 0 Å². The minimum Gasteiger partial charge on any atom is -0.478 e. The number of nitrogens with one attached hydrogen (secondary N) is 2. The van der Waals surface area contributed by atoms with E-state index >= 15 is 0 Å². The van der Waals surface area contributed by atoms with Crippen LogP contribution in [0.4, 0.5) is 10.5 Å². The lowest BCUT2D eigenvalue weighted by molar-refractivity contribution is -0.116. The van der Waals surface area contributed by atoms with Gasteiger partial charge in [0.25, 0.3) is 5.24 Å². The molecule has 1 atom stereocenters. The van der Waals surface area contributed by atoms with Crippen LogP contribution in [0.3, 0.4) is 0 Å². The lowest BCUT2D eigenvalue weighted by Crippen LogP contribution is -2.20. The largest absolute Gasteiger partial charge is 0.478 e. The molecule has 0 fully saturated rings. The van der Waals surface area contributed by atoms with E-state index in [2.05, 4.69) is 20.9 Å². The van der Waals surface area contributed by atoms with Gasteiger partial charge in [0.2, 0.25) is 5.91 Å². The van der Waals surface area contributed by atoms with Crippen molar-refractivity contribution < 1.29 is 23.9 Å². The number of nitrogens with zero attached hydrogens (tertiary/aromatic N) is 2. The number of furan rings is 1. The molecule has 9 nitrogen and oxygen atoms in total. The number of allylic oxidation sites excluding steroid dienone is 1. The zero-order valence-corrected chi connectivity index (χ0v) is 15.5. The molecule has 144 valence electrons. The van der Waals surface area contributed by atoms with E-state index in [0.29, 0.717) is 17.0 Å². The Morgan fingerprint density at radius 2 is 2.04 bits per heavy atom. The molecule has 0 aliphatic carbocycles. The van der Waals surface area contributed by atoms with Crippen LogP contribution in [0.5, 0.6) is 0 Å². The number of carbonyl (C=O) groups excluding carboxylic acids is 2. The molecule has 1 aromatic heterocycles. The first-order chi connectivity index (χ1) is 13.4. The Bertz CT molecular complexity index is 951. The maximum atomic E-state index is 12.2. The van der Waals surface area contributed by atoms with Gasteiger partial charge in [0, 0.05) is 11.3 Å². The molecule has 1 unspecified atom stereocenters. The number of thioether (sulfide) groups is 1. The van der Waals surface area contributed by atoms with Crippen molar-refractivity contribution in [3.8, 4) is 0 Å². The number of benzene rings is 1. The minimum atomic E-state index is -1.05. The molecular weight excluding hydrogens is 384 g/mol. The topological polar surface area (TPSA) is 133 Å². The van der Waals surface area contributed by atoms with Gasteiger partial charge in [0.05, 0.1) is 18.2 Å². The van der Waals surface area contributed by atoms with Gasteiger partial charge in [-0.2, -0.15) is 5.11 Å². The highest BCUT2D eigenvalue weighted by molar-refractivity contribution is 8.14. The first-order valence-electron chi connectivity index (χ1n) is 8.19. The summed E-state index contributed by atoms with van der Waals surface area (Å²) >= 11 is 0.857. The van der Waals surface area contributed by atoms with Crippen LogP contribution in [0.2, 0.25) is 0 Å². The van der Waals surface area contributed by atoms with E-state index in [1.807, 2.05) is 0 Å². The SMILES string of the molecule is C/C(=C1/N=NC(CC(=O)Nc2ccc(C(=O)O)cc2)SC(=O)N1)c1ccco1. The Morgan fingerprint density at radius 3 is 2.68 bits per heavy atom. The predicted octanol–water partition coefficient (Wildman–Crippen LogP) is 3.93. The summed E-state index contributed by atoms with van der Waals surface area (Å²) in [7, 11) is 0. The van der Waals surface area contributed by atoms with Gasteiger partial charge in [-0.3, -0.25) is 14.9 Å². The average Bonchev–Trinajstić information content (AvgIpc) is 3.13. The molecular formula is C18H16N4O5S. The van der Waals surface area contributed by atoms with Crippen LogP contribution in [-0.4, -0.2) is 27.6 Å². The highest BCUT2D eigenvalue weighted by Gasteiger charge is 2.23. The summed E-state index contributed by atoms with van der Waals surface area (Å²) in [5.74, 6) is -0.602. The van der Waals surface area contributed by atoms with E-state index in [1.165, 1.54) is 30.5 Å². The number of rotatable bonds is 5. The van der Waals surface area contributed by atoms with E-state index in [-0.39, 0.29) is 29.0 Å². The Balaban J connectivity index is 1.66. The smallest absolute Gasteiger partial charge is 0.335 e. The molecule has 2 aromatic rings. The molecule has 0 spiro atoms. The zero-order valence-electron chi connectivity index (χ0n) is 14.7. The fourth-order valence-electron chi connectivity index (χ4n) is 2.35. The number of amides is 2. The first-order valence-corrected chi connectivity index (χ1v) is 9.07. The summed E-state index contributed by atoms with van der Waals surface area (Å²) in [6, 6.07) is 9.22. The van der Waals surface area contributed by atoms with Gasteiger partial charge in [-0.05, 0) is 55.1 Å². The molecule has 2 amide bonds. The van der Waals surface area contributed by atoms with E-state index in [4.69, 9.17) is 9.52 Å². The van der Waals surface area contributed by atoms with Crippen molar-refractivity contribution in [3.05, 3.63) is 59.8 Å². The molecule has 0 radical (unpaired) electrons. The number of azo groups is 1. The Labute approximate surface area is 163 Å². The molecule has 1 aliphatic rings. The van der Waals surface area contributed by atoms with Gasteiger partial charge in [-0.15, -0.1) is 5.11 Å². The maximum absolute atomic E-state index is 12.2. The molecule has 0 saturated carbocycles. The van der Waals surface area contributed by atoms with Crippen molar-refractivity contribution in [1.82, 2.24) is 5.32 Å². The number of hydrogen-bond acceptors (Lipinski definition) is 7. The molecule has 2 heterocycles. The fraction of sp³-hybridized carbons (Fsp3) is 0.167. The van der Waals surface area contributed by atoms with Crippen LogP contribution in [0.25, 0.3) is 5.57 Å². The van der Waals surface area contributed by atoms with Gasteiger partial charge in [0.15, 0.2) is 5.82 Å². The average molecular weight is 400 g/mol. The van der Waals surface area contributed by atoms with Crippen LogP contribution in [0.1, 0.15) is 29.5 Å². The van der Waals surface area contributed by atoms with Crippen molar-refractivity contribution in [3.63, 3.8) is 0 Å². The molecule has 28 heavy (non-hydrogen) atoms. The lowest BCUT2D eigenvalue weighted by atomic mass is 10.2. The zero-order chi connectivity index (χ0) is 20.1. The third-order valence-corrected chi connectivity index (χ3v) is 4.62. The molecule has 10 heteroatoms. The highest BCUT2D eigenvalue weighted by atomic mass is 32.2. The number of carboxylic acids is 1. The van der Waals surface area contributed by atoms with E-state index in [1.54, 1.807) is 19.1 Å². The maximum Gasteiger partial charge on any atom is 0.335 e. The normalized spacial score (nSPS) is 18.2. The summed E-state index contributed by atoms with van der Waals surface area (Å²) in [5, 5.41) is 21.2. The second kappa shape index (κ2) is 8.53. The fourth-order valence-corrected chi connectivity index (χ4v) is 3.08. The van der Waals surface area contributed by atoms with Crippen LogP contribution in [0.15, 0.2) is 63.1 Å². The van der Waals surface area contributed by atoms with Crippen LogP contribution in [0, 0.1) is 0 Å². The Kier molecular flexibility index (Phi) is 5.90. The predicted molar refractivity (Wildman–Crippen MR) is 103 cm³/mol. The van der Waals surface area contributed by atoms with Gasteiger partial charge in [0.1, 0.15) is 11.1 Å². The molecule has 3 N–H and O–H groups in total. The van der Waals surface area contributed by atoms with E-state index in [0.717, 1.165) is 11.8 Å². The van der Waals surface area contributed by atoms with Gasteiger partial charge in [-0.25, -0.2) is 4.79 Å².